The van der Waals surface area contributed by atoms with Gasteiger partial charge in [0, 0.05) is 17.9 Å². The van der Waals surface area contributed by atoms with E-state index in [0.29, 0.717) is 11.2 Å². The van der Waals surface area contributed by atoms with Crippen LogP contribution in [0.5, 0.6) is 0 Å². The number of H-pyrrole nitrogens is 1. The maximum Gasteiger partial charge on any atom is 1.00 e. The van der Waals surface area contributed by atoms with Crippen LogP contribution in [0.15, 0.2) is 59.9 Å². The molecule has 0 saturated carbocycles. The summed E-state index contributed by atoms with van der Waals surface area (Å²) in [6.45, 7) is 3.75. The summed E-state index contributed by atoms with van der Waals surface area (Å²) < 4.78 is 37.8. The molecule has 0 fully saturated rings. The van der Waals surface area contributed by atoms with Crippen molar-refractivity contribution in [1.82, 2.24) is 20.5 Å². The van der Waals surface area contributed by atoms with E-state index in [1.165, 1.54) is 6.20 Å². The maximum atomic E-state index is 12.6. The second kappa shape index (κ2) is 11.6. The fourth-order valence-electron chi connectivity index (χ4n) is 2.61. The molecule has 0 radical (unpaired) electrons. The number of benzene rings is 1. The first-order valence-electron chi connectivity index (χ1n) is 9.22. The van der Waals surface area contributed by atoms with Crippen LogP contribution < -0.4 is 67.5 Å². The van der Waals surface area contributed by atoms with E-state index in [-0.39, 0.29) is 63.0 Å². The Morgan fingerprint density at radius 2 is 2.09 bits per heavy atom. The average molecular weight is 468 g/mol. The number of hydrogen-bond donors (Lipinski definition) is 3. The van der Waals surface area contributed by atoms with Crippen molar-refractivity contribution in [2.24, 2.45) is 4.99 Å². The molecule has 0 spiro atoms. The molecule has 1 atom stereocenters. The van der Waals surface area contributed by atoms with Gasteiger partial charge in [-0.1, -0.05) is 24.8 Å². The normalized spacial score (nSPS) is 13.0. The minimum atomic E-state index is -4.55. The maximum absolute atomic E-state index is 12.6. The van der Waals surface area contributed by atoms with E-state index in [1.54, 1.807) is 24.3 Å². The average Bonchev–Trinajstić information content (AvgIpc) is 3.15. The summed E-state index contributed by atoms with van der Waals surface area (Å²) in [5, 5.41) is 12.4. The fourth-order valence-corrected chi connectivity index (χ4v) is 2.61. The Morgan fingerprint density at radius 3 is 2.72 bits per heavy atom. The summed E-state index contributed by atoms with van der Waals surface area (Å²) >= 11 is 0. The molecule has 1 unspecified atom stereocenters. The van der Waals surface area contributed by atoms with Gasteiger partial charge in [0.15, 0.2) is 0 Å². The van der Waals surface area contributed by atoms with Crippen LogP contribution in [0.4, 0.5) is 18.9 Å². The molecule has 3 rings (SSSR count). The molecule has 3 N–H and O–H groups in total. The first-order valence-corrected chi connectivity index (χ1v) is 9.22. The molecular formula is C21H19F3KN6O-. The summed E-state index contributed by atoms with van der Waals surface area (Å²) in [5.41, 5.74) is 1.78. The predicted octanol–water partition coefficient (Wildman–Crippen LogP) is 0.633. The molecule has 11 heteroatoms. The monoisotopic (exact) mass is 467 g/mol. The van der Waals surface area contributed by atoms with Gasteiger partial charge in [-0.2, -0.15) is 13.2 Å². The first kappa shape index (κ1) is 26.1. The molecule has 32 heavy (non-hydrogen) atoms. The molecule has 1 aromatic carbocycles. The Balaban J connectivity index is 0.00000363. The Labute approximate surface area is 225 Å². The van der Waals surface area contributed by atoms with Crippen LogP contribution in [0.1, 0.15) is 40.3 Å². The van der Waals surface area contributed by atoms with Crippen LogP contribution in [0.25, 0.3) is 0 Å². The van der Waals surface area contributed by atoms with Crippen LogP contribution in [0, 0.1) is 13.1 Å². The smallest absolute Gasteiger partial charge is 0.560 e. The number of amides is 1. The molecule has 1 amide bonds. The molecule has 0 aliphatic carbocycles. The third-order valence-corrected chi connectivity index (χ3v) is 4.22. The molecule has 3 aromatic rings. The van der Waals surface area contributed by atoms with Crippen molar-refractivity contribution in [3.8, 4) is 0 Å². The van der Waals surface area contributed by atoms with Gasteiger partial charge in [-0.15, -0.1) is 6.20 Å². The van der Waals surface area contributed by atoms with Crippen molar-refractivity contribution in [2.75, 3.05) is 5.32 Å². The summed E-state index contributed by atoms with van der Waals surface area (Å²) in [6.07, 6.45) is 0.693. The Bertz CT molecular complexity index is 1140. The van der Waals surface area contributed by atoms with E-state index in [1.807, 2.05) is 19.9 Å². The molecule has 2 aromatic heterocycles. The number of anilines is 1. The molecule has 0 aliphatic rings. The third-order valence-electron chi connectivity index (χ3n) is 4.22. The Hall–Kier alpha value is -2.18. The van der Waals surface area contributed by atoms with Gasteiger partial charge in [0.05, 0.1) is 5.56 Å². The van der Waals surface area contributed by atoms with Crippen molar-refractivity contribution in [3.05, 3.63) is 89.1 Å². The van der Waals surface area contributed by atoms with E-state index in [4.69, 9.17) is 0 Å². The fraction of sp³-hybridized carbons (Fsp3) is 0.190. The molecule has 7 nitrogen and oxygen atoms in total. The molecular weight excluding hydrogens is 448 g/mol. The van der Waals surface area contributed by atoms with E-state index in [9.17, 15) is 18.0 Å². The number of nitrogens with one attached hydrogen (secondary N) is 3. The summed E-state index contributed by atoms with van der Waals surface area (Å²) in [5.74, 6) is -0.556. The van der Waals surface area contributed by atoms with Crippen LogP contribution in [0.2, 0.25) is 0 Å². The molecule has 0 aliphatic heterocycles. The molecule has 162 valence electrons. The van der Waals surface area contributed by atoms with Gasteiger partial charge in [0.2, 0.25) is 0 Å². The standard InChI is InChI=1S/C21H19F3N6O.K/c1-13-10-19(30-29-13)26-9-8-25-14(2)15-4-3-5-17(11-15)28-20(31)16-6-7-18(27-12-16)21(22,23)24;/h3-7,9-12,14,25H,1-2H3,(H,26,30)(H,28,31);/q-2;+1. The van der Waals surface area contributed by atoms with Crippen molar-refractivity contribution in [1.29, 1.82) is 0 Å². The van der Waals surface area contributed by atoms with Gasteiger partial charge in [0.1, 0.15) is 5.69 Å². The molecule has 2 heterocycles. The quantitative estimate of drug-likeness (QED) is 0.282. The largest absolute Gasteiger partial charge is 1.00 e. The summed E-state index contributed by atoms with van der Waals surface area (Å²) in [4.78, 5) is 19.8. The van der Waals surface area contributed by atoms with Crippen LogP contribution in [-0.4, -0.2) is 21.1 Å². The third kappa shape index (κ3) is 7.45. The Morgan fingerprint density at radius 1 is 1.31 bits per heavy atom. The van der Waals surface area contributed by atoms with Crippen molar-refractivity contribution in [2.45, 2.75) is 26.1 Å². The number of aromatic amines is 1. The van der Waals surface area contributed by atoms with E-state index in [2.05, 4.69) is 37.0 Å². The van der Waals surface area contributed by atoms with E-state index in [0.717, 1.165) is 29.6 Å². The van der Waals surface area contributed by atoms with Gasteiger partial charge >= 0.3 is 57.6 Å². The second-order valence-electron chi connectivity index (χ2n) is 6.67. The minimum absolute atomic E-state index is 0. The van der Waals surface area contributed by atoms with Crippen molar-refractivity contribution >= 4 is 11.6 Å². The number of aromatic nitrogens is 3. The Kier molecular flexibility index (Phi) is 9.46. The number of carbonyl (C=O) groups is 1. The SMILES string of the molecule is Cc1[cH-]c(=NC=[C-]NC(C)c2cccc(NC(=O)c3ccc(C(F)(F)F)nc3)c2)[nH]n1.[K+]. The summed E-state index contributed by atoms with van der Waals surface area (Å²) in [7, 11) is 0. The summed E-state index contributed by atoms with van der Waals surface area (Å²) in [6, 6.07) is 10.6. The predicted molar refractivity (Wildman–Crippen MR) is 107 cm³/mol. The molecule has 0 saturated heterocycles. The number of carbonyl (C=O) groups excluding carboxylic acids is 1. The van der Waals surface area contributed by atoms with Crippen LogP contribution in [0.3, 0.4) is 0 Å². The van der Waals surface area contributed by atoms with Gasteiger partial charge in [-0.05, 0) is 42.2 Å². The van der Waals surface area contributed by atoms with Gasteiger partial charge < -0.3 is 21.8 Å². The number of nitrogens with zero attached hydrogens (tertiary/aromatic N) is 3. The first-order chi connectivity index (χ1) is 14.7. The number of halogens is 3. The zero-order chi connectivity index (χ0) is 22.4. The van der Waals surface area contributed by atoms with Gasteiger partial charge in [-0.25, -0.2) is 5.10 Å². The number of pyridine rings is 1. The van der Waals surface area contributed by atoms with Crippen LogP contribution >= 0.6 is 0 Å². The van der Waals surface area contributed by atoms with Crippen LogP contribution in [-0.2, 0) is 6.18 Å². The number of rotatable bonds is 6. The van der Waals surface area contributed by atoms with E-state index < -0.39 is 17.8 Å². The molecule has 0 bridgehead atoms. The topological polar surface area (TPSA) is 95.1 Å². The second-order valence-corrected chi connectivity index (χ2v) is 6.67. The number of aryl methyl sites for hydroxylation is 1. The minimum Gasteiger partial charge on any atom is -0.560 e. The van der Waals surface area contributed by atoms with Crippen molar-refractivity contribution in [3.63, 3.8) is 0 Å². The van der Waals surface area contributed by atoms with E-state index >= 15 is 0 Å². The number of hydrogen-bond acceptors (Lipinski definition) is 5. The van der Waals surface area contributed by atoms with Gasteiger partial charge in [0.25, 0.3) is 5.91 Å². The zero-order valence-electron chi connectivity index (χ0n) is 17.7. The number of alkyl halides is 3. The van der Waals surface area contributed by atoms with Crippen molar-refractivity contribution < 1.29 is 69.4 Å². The van der Waals surface area contributed by atoms with Gasteiger partial charge in [-0.3, -0.25) is 20.9 Å². The zero-order valence-corrected chi connectivity index (χ0v) is 20.8.